The Kier molecular flexibility index (Phi) is 15.1. The Balaban J connectivity index is 2.21. The lowest BCUT2D eigenvalue weighted by Crippen LogP contribution is -2.61. The topological polar surface area (TPSA) is 209 Å². The molecule has 304 valence electrons. The normalized spacial score (nSPS) is 49.8. The number of ether oxygens (including phenoxy) is 6. The predicted octanol–water partition coefficient (Wildman–Crippen LogP) is 2.05. The van der Waals surface area contributed by atoms with Gasteiger partial charge in [-0.1, -0.05) is 32.9 Å². The molecule has 3 aliphatic rings. The summed E-state index contributed by atoms with van der Waals surface area (Å²) >= 11 is 0. The summed E-state index contributed by atoms with van der Waals surface area (Å²) < 4.78 is 37.2. The van der Waals surface area contributed by atoms with Gasteiger partial charge in [0.2, 0.25) is 0 Å². The van der Waals surface area contributed by atoms with Gasteiger partial charge in [-0.05, 0) is 74.9 Å². The Hall–Kier alpha value is -1.50. The second-order valence-corrected chi connectivity index (χ2v) is 16.6. The maximum absolute atomic E-state index is 14.1. The summed E-state index contributed by atoms with van der Waals surface area (Å²) in [5, 5.41) is 71.8. The molecular formula is C37H68N2O13. The van der Waals surface area contributed by atoms with Gasteiger partial charge in [-0.3, -0.25) is 4.79 Å². The van der Waals surface area contributed by atoms with Crippen LogP contribution in [0.25, 0.3) is 0 Å². The maximum atomic E-state index is 14.1. The average molecular weight is 749 g/mol. The van der Waals surface area contributed by atoms with Gasteiger partial charge in [-0.15, -0.1) is 0 Å². The zero-order valence-corrected chi connectivity index (χ0v) is 33.4. The van der Waals surface area contributed by atoms with Crippen LogP contribution in [-0.4, -0.2) is 153 Å². The van der Waals surface area contributed by atoms with Crippen molar-refractivity contribution in [1.29, 1.82) is 0 Å². The Labute approximate surface area is 309 Å². The lowest BCUT2D eigenvalue weighted by Gasteiger charge is -2.49. The van der Waals surface area contributed by atoms with Crippen molar-refractivity contribution in [2.75, 3.05) is 21.2 Å². The number of hydrogen-bond donors (Lipinski definition) is 6. The van der Waals surface area contributed by atoms with Gasteiger partial charge in [-0.25, -0.2) is 0 Å². The van der Waals surface area contributed by atoms with Gasteiger partial charge >= 0.3 is 5.97 Å². The Morgan fingerprint density at radius 2 is 1.54 bits per heavy atom. The molecule has 0 spiro atoms. The molecule has 18 atom stereocenters. The maximum Gasteiger partial charge on any atom is 0.311 e. The number of nitrogens with zero attached hydrogens (tertiary/aromatic N) is 2. The first-order valence-corrected chi connectivity index (χ1v) is 18.7. The molecule has 0 aliphatic carbocycles. The molecule has 3 aliphatic heterocycles. The number of rotatable bonds is 7. The smallest absolute Gasteiger partial charge is 0.311 e. The highest BCUT2D eigenvalue weighted by molar-refractivity contribution is 5.88. The fourth-order valence-electron chi connectivity index (χ4n) is 8.61. The van der Waals surface area contributed by atoms with E-state index in [1.54, 1.807) is 55.4 Å². The summed E-state index contributed by atoms with van der Waals surface area (Å²) in [4.78, 5) is 16.0. The van der Waals surface area contributed by atoms with Crippen molar-refractivity contribution in [3.8, 4) is 0 Å². The summed E-state index contributed by atoms with van der Waals surface area (Å²) in [5.41, 5.74) is -4.68. The van der Waals surface area contributed by atoms with Crippen molar-refractivity contribution in [3.63, 3.8) is 0 Å². The van der Waals surface area contributed by atoms with Crippen LogP contribution in [0.15, 0.2) is 5.16 Å². The van der Waals surface area contributed by atoms with E-state index in [4.69, 9.17) is 28.4 Å². The number of hydrogen-bond acceptors (Lipinski definition) is 15. The van der Waals surface area contributed by atoms with Gasteiger partial charge in [0.1, 0.15) is 23.9 Å². The van der Waals surface area contributed by atoms with Crippen molar-refractivity contribution in [3.05, 3.63) is 0 Å². The van der Waals surface area contributed by atoms with E-state index in [9.17, 15) is 35.5 Å². The number of methoxy groups -OCH3 is 1. The van der Waals surface area contributed by atoms with Crippen LogP contribution in [0.4, 0.5) is 0 Å². The molecule has 3 fully saturated rings. The molecule has 0 bridgehead atoms. The second-order valence-electron chi connectivity index (χ2n) is 16.6. The van der Waals surface area contributed by atoms with E-state index < -0.39 is 102 Å². The molecule has 0 aromatic rings. The van der Waals surface area contributed by atoms with Crippen molar-refractivity contribution >= 4 is 11.7 Å². The minimum atomic E-state index is -1.97. The standard InChI is InChI=1S/C37H68N2O13/c1-14-25-37(10,45)30(41)20(4)27(38-46)18(2)16-35(8,44)32(52-34-28(40)24(39(11)12)15-19(3)48-34)21(5)29(22(6)33(43)50-25)51-26-17-36(9,47-13)31(42)23(7)49-26/h18-26,28-32,34,40-42,44-46H,14-17H2,1-13H3/t18-,19-,20+,21+,22-,23+,24+,25-,26+,28-,29+,30-,31+,32-,34-,35-,36-,37-/m1/s1. The average Bonchev–Trinajstić information content (AvgIpc) is 3.06. The largest absolute Gasteiger partial charge is 0.459 e. The first-order chi connectivity index (χ1) is 24.0. The molecule has 0 amide bonds. The summed E-state index contributed by atoms with van der Waals surface area (Å²) in [6.07, 6.45) is -9.51. The number of likely N-dealkylation sites (N-methyl/N-ethyl adjacent to an activating group) is 1. The lowest BCUT2D eigenvalue weighted by molar-refractivity contribution is -0.317. The zero-order chi connectivity index (χ0) is 39.7. The Morgan fingerprint density at radius 1 is 0.923 bits per heavy atom. The quantitative estimate of drug-likeness (QED) is 0.125. The highest BCUT2D eigenvalue weighted by Gasteiger charge is 2.53. The molecule has 3 saturated heterocycles. The molecule has 0 saturated carbocycles. The Bertz CT molecular complexity index is 1200. The van der Waals surface area contributed by atoms with Crippen LogP contribution in [0.1, 0.15) is 94.9 Å². The third-order valence-electron chi connectivity index (χ3n) is 12.0. The molecule has 3 heterocycles. The van der Waals surface area contributed by atoms with Crippen LogP contribution in [0.5, 0.6) is 0 Å². The number of cyclic esters (lactones) is 1. The van der Waals surface area contributed by atoms with Gasteiger partial charge < -0.3 is 64.1 Å². The minimum Gasteiger partial charge on any atom is -0.459 e. The monoisotopic (exact) mass is 748 g/mol. The minimum absolute atomic E-state index is 0.0657. The van der Waals surface area contributed by atoms with Crippen LogP contribution in [0.2, 0.25) is 0 Å². The number of carbonyl (C=O) groups excluding carboxylic acids is 1. The molecule has 0 aromatic heterocycles. The van der Waals surface area contributed by atoms with E-state index in [2.05, 4.69) is 5.16 Å². The number of oxime groups is 1. The summed E-state index contributed by atoms with van der Waals surface area (Å²) in [6, 6.07) is -0.322. The first kappa shape index (κ1) is 44.9. The van der Waals surface area contributed by atoms with Crippen LogP contribution >= 0.6 is 0 Å². The van der Waals surface area contributed by atoms with Crippen molar-refractivity contribution < 1.29 is 64.0 Å². The summed E-state index contributed by atoms with van der Waals surface area (Å²) in [6.45, 7) is 16.6. The van der Waals surface area contributed by atoms with E-state index >= 15 is 0 Å². The van der Waals surface area contributed by atoms with Crippen LogP contribution in [0, 0.1) is 23.7 Å². The molecule has 0 radical (unpaired) electrons. The lowest BCUT2D eigenvalue weighted by atomic mass is 9.73. The molecule has 15 heteroatoms. The number of aliphatic hydroxyl groups is 5. The zero-order valence-electron chi connectivity index (χ0n) is 33.4. The van der Waals surface area contributed by atoms with Crippen molar-refractivity contribution in [2.24, 2.45) is 28.8 Å². The summed E-state index contributed by atoms with van der Waals surface area (Å²) in [5.74, 6) is -4.24. The van der Waals surface area contributed by atoms with Gasteiger partial charge in [0.25, 0.3) is 0 Å². The third kappa shape index (κ3) is 9.47. The second kappa shape index (κ2) is 17.5. The Morgan fingerprint density at radius 3 is 2.08 bits per heavy atom. The van der Waals surface area contributed by atoms with E-state index in [0.717, 1.165) is 0 Å². The van der Waals surface area contributed by atoms with Crippen LogP contribution in [0.3, 0.4) is 0 Å². The molecule has 15 nitrogen and oxygen atoms in total. The number of carbonyl (C=O) groups is 1. The molecule has 52 heavy (non-hydrogen) atoms. The number of aliphatic hydroxyl groups excluding tert-OH is 3. The van der Waals surface area contributed by atoms with Crippen molar-refractivity contribution in [1.82, 2.24) is 4.90 Å². The van der Waals surface area contributed by atoms with Crippen LogP contribution in [-0.2, 0) is 33.2 Å². The van der Waals surface area contributed by atoms with E-state index in [0.29, 0.717) is 6.42 Å². The summed E-state index contributed by atoms with van der Waals surface area (Å²) in [7, 11) is 5.19. The fourth-order valence-corrected chi connectivity index (χ4v) is 8.61. The van der Waals surface area contributed by atoms with E-state index in [1.807, 2.05) is 25.9 Å². The molecule has 6 N–H and O–H groups in total. The van der Waals surface area contributed by atoms with Crippen molar-refractivity contribution in [2.45, 2.75) is 179 Å². The molecule has 0 unspecified atom stereocenters. The van der Waals surface area contributed by atoms with Crippen LogP contribution < -0.4 is 0 Å². The van der Waals surface area contributed by atoms with E-state index in [1.165, 1.54) is 14.0 Å². The van der Waals surface area contributed by atoms with Gasteiger partial charge in [-0.2, -0.15) is 0 Å². The molecule has 0 aromatic carbocycles. The molecule has 3 rings (SSSR count). The van der Waals surface area contributed by atoms with Gasteiger partial charge in [0.05, 0.1) is 53.4 Å². The van der Waals surface area contributed by atoms with Gasteiger partial charge in [0.15, 0.2) is 12.6 Å². The third-order valence-corrected chi connectivity index (χ3v) is 12.0. The first-order valence-electron chi connectivity index (χ1n) is 18.7. The molecular weight excluding hydrogens is 680 g/mol. The highest BCUT2D eigenvalue weighted by Crippen LogP contribution is 2.41. The fraction of sp³-hybridized carbons (Fsp3) is 0.946. The SMILES string of the molecule is CC[C@H]1OC(=O)[C@H](C)[C@@H](O[C@H]2C[C@@](C)(OC)[C@@H](O)[C@H](C)O2)[C@H](C)[C@@H](O[C@H]2O[C@H](C)C[C@H](N(C)C)[C@H]2O)[C@](C)(O)C[C@@H](C)C(=NO)[C@H](C)[C@@H](O)[C@]1(C)O. The number of esters is 1. The van der Waals surface area contributed by atoms with Gasteiger partial charge in [0, 0.05) is 37.3 Å². The van der Waals surface area contributed by atoms with E-state index in [-0.39, 0.29) is 37.1 Å². The highest BCUT2D eigenvalue weighted by atomic mass is 16.7. The predicted molar refractivity (Wildman–Crippen MR) is 190 cm³/mol.